The molecule has 0 spiro atoms. The molecule has 0 radical (unpaired) electrons. The summed E-state index contributed by atoms with van der Waals surface area (Å²) in [4.78, 5) is 4.87. The van der Waals surface area contributed by atoms with Crippen LogP contribution in [0.4, 0.5) is 22.7 Å². The Morgan fingerprint density at radius 1 is 0.500 bits per heavy atom. The zero-order valence-electron chi connectivity index (χ0n) is 21.6. The van der Waals surface area contributed by atoms with Crippen molar-refractivity contribution in [2.75, 3.05) is 34.4 Å². The molecule has 0 aliphatic carbocycles. The Morgan fingerprint density at radius 2 is 0.853 bits per heavy atom. The maximum atomic E-state index is 4.87. The molecule has 5 nitrogen and oxygen atoms in total. The molecule has 0 unspecified atom stereocenters. The summed E-state index contributed by atoms with van der Waals surface area (Å²) in [5.74, 6) is 0. The minimum atomic E-state index is 0.219. The van der Waals surface area contributed by atoms with Gasteiger partial charge in [0.2, 0.25) is 0 Å². The Morgan fingerprint density at radius 3 is 1.21 bits per heavy atom. The molecule has 0 fully saturated rings. The van der Waals surface area contributed by atoms with Crippen LogP contribution in [0.2, 0.25) is 0 Å². The van der Waals surface area contributed by atoms with Gasteiger partial charge in [-0.3, -0.25) is 4.98 Å². The van der Waals surface area contributed by atoms with Crippen LogP contribution in [0.5, 0.6) is 0 Å². The number of hydrogen-bond acceptors (Lipinski definition) is 5. The highest BCUT2D eigenvalue weighted by atomic mass is 15.0. The minimum absolute atomic E-state index is 0.219. The van der Waals surface area contributed by atoms with Crippen molar-refractivity contribution in [3.05, 3.63) is 78.1 Å². The molecule has 34 heavy (non-hydrogen) atoms. The van der Waals surface area contributed by atoms with Crippen LogP contribution in [-0.4, -0.2) is 18.1 Å². The van der Waals surface area contributed by atoms with E-state index in [1.165, 1.54) is 0 Å². The first-order valence-electron chi connectivity index (χ1n) is 12.2. The van der Waals surface area contributed by atoms with E-state index >= 15 is 0 Å². The summed E-state index contributed by atoms with van der Waals surface area (Å²) >= 11 is 0. The normalized spacial score (nSPS) is 11.7. The van der Waals surface area contributed by atoms with Gasteiger partial charge >= 0.3 is 0 Å². The Hall–Kier alpha value is -3.21. The molecule has 0 saturated heterocycles. The number of para-hydroxylation sites is 4. The number of nitrogens with one attached hydrogen (secondary N) is 4. The van der Waals surface area contributed by atoms with E-state index in [4.69, 9.17) is 4.98 Å². The fourth-order valence-corrected chi connectivity index (χ4v) is 3.40. The molecule has 3 aromatic rings. The molecule has 2 aromatic carbocycles. The topological polar surface area (TPSA) is 61.0 Å². The Balaban J connectivity index is 1.60. The van der Waals surface area contributed by atoms with Gasteiger partial charge in [-0.2, -0.15) is 0 Å². The third kappa shape index (κ3) is 8.62. The smallest absolute Gasteiger partial charge is 0.0598 e. The molecule has 0 aliphatic heterocycles. The van der Waals surface area contributed by atoms with Gasteiger partial charge in [-0.25, -0.2) is 0 Å². The van der Waals surface area contributed by atoms with Gasteiger partial charge in [0.25, 0.3) is 0 Å². The highest BCUT2D eigenvalue weighted by Gasteiger charge is 2.12. The van der Waals surface area contributed by atoms with Gasteiger partial charge in [0.05, 0.1) is 47.2 Å². The zero-order valence-corrected chi connectivity index (χ0v) is 21.6. The summed E-state index contributed by atoms with van der Waals surface area (Å²) < 4.78 is 0. The molecule has 0 bridgehead atoms. The molecular formula is C29H41N5. The zero-order chi connectivity index (χ0) is 24.6. The highest BCUT2D eigenvalue weighted by Crippen LogP contribution is 2.25. The van der Waals surface area contributed by atoms with Crippen LogP contribution in [0.3, 0.4) is 0 Å². The second-order valence-corrected chi connectivity index (χ2v) is 11.2. The summed E-state index contributed by atoms with van der Waals surface area (Å²) in [5.41, 5.74) is 6.90. The summed E-state index contributed by atoms with van der Waals surface area (Å²) in [5, 5.41) is 14.2. The summed E-state index contributed by atoms with van der Waals surface area (Å²) in [6.07, 6.45) is 0. The monoisotopic (exact) mass is 459 g/mol. The molecule has 182 valence electrons. The maximum Gasteiger partial charge on any atom is 0.0598 e. The van der Waals surface area contributed by atoms with Crippen molar-refractivity contribution in [2.24, 2.45) is 10.8 Å². The van der Waals surface area contributed by atoms with Crippen LogP contribution in [0.1, 0.15) is 52.9 Å². The molecule has 3 rings (SSSR count). The van der Waals surface area contributed by atoms with Crippen LogP contribution in [-0.2, 0) is 13.1 Å². The van der Waals surface area contributed by atoms with Crippen LogP contribution in [0, 0.1) is 10.8 Å². The number of pyridine rings is 1. The summed E-state index contributed by atoms with van der Waals surface area (Å²) in [6, 6.07) is 22.9. The number of benzene rings is 2. The fraction of sp³-hybridized carbons (Fsp3) is 0.414. The van der Waals surface area contributed by atoms with Gasteiger partial charge in [-0.1, -0.05) is 71.9 Å². The van der Waals surface area contributed by atoms with E-state index in [-0.39, 0.29) is 10.8 Å². The van der Waals surface area contributed by atoms with E-state index in [0.717, 1.165) is 47.2 Å². The van der Waals surface area contributed by atoms with Crippen molar-refractivity contribution >= 4 is 22.7 Å². The highest BCUT2D eigenvalue weighted by molar-refractivity contribution is 5.69. The largest absolute Gasteiger partial charge is 0.383 e. The standard InChI is InChI=1S/C29H41N5/c1-28(2,3)20-32-26-16-9-7-14-24(26)30-18-22-12-11-13-23(34-22)19-31-25-15-8-10-17-27(25)33-21-29(4,5)6/h7-17,30-33H,18-21H2,1-6H3. The first kappa shape index (κ1) is 25.4. The van der Waals surface area contributed by atoms with Crippen LogP contribution in [0.25, 0.3) is 0 Å². The first-order chi connectivity index (χ1) is 16.1. The van der Waals surface area contributed by atoms with Gasteiger partial charge in [0.15, 0.2) is 0 Å². The summed E-state index contributed by atoms with van der Waals surface area (Å²) in [6.45, 7) is 16.6. The number of aromatic nitrogens is 1. The lowest BCUT2D eigenvalue weighted by molar-refractivity contribution is 0.443. The molecule has 0 atom stereocenters. The number of rotatable bonds is 10. The SMILES string of the molecule is CC(C)(C)CNc1ccccc1NCc1cccc(CNc2ccccc2NCC(C)(C)C)n1. The van der Waals surface area contributed by atoms with E-state index in [1.807, 2.05) is 0 Å². The third-order valence-corrected chi connectivity index (χ3v) is 5.26. The first-order valence-corrected chi connectivity index (χ1v) is 12.2. The predicted molar refractivity (Wildman–Crippen MR) is 148 cm³/mol. The predicted octanol–water partition coefficient (Wildman–Crippen LogP) is 7.22. The lowest BCUT2D eigenvalue weighted by Crippen LogP contribution is -2.19. The molecule has 1 aromatic heterocycles. The Labute approximate surface area is 205 Å². The fourth-order valence-electron chi connectivity index (χ4n) is 3.40. The average Bonchev–Trinajstić information content (AvgIpc) is 2.79. The molecular weight excluding hydrogens is 418 g/mol. The molecule has 0 saturated carbocycles. The number of anilines is 4. The van der Waals surface area contributed by atoms with E-state index in [1.54, 1.807) is 0 Å². The molecule has 4 N–H and O–H groups in total. The molecule has 1 heterocycles. The summed E-state index contributed by atoms with van der Waals surface area (Å²) in [7, 11) is 0. The number of hydrogen-bond donors (Lipinski definition) is 4. The van der Waals surface area contributed by atoms with Gasteiger partial charge in [0, 0.05) is 13.1 Å². The van der Waals surface area contributed by atoms with Gasteiger partial charge in [-0.15, -0.1) is 0 Å². The van der Waals surface area contributed by atoms with Crippen LogP contribution < -0.4 is 21.3 Å². The van der Waals surface area contributed by atoms with Crippen molar-refractivity contribution < 1.29 is 0 Å². The molecule has 0 aliphatic rings. The second-order valence-electron chi connectivity index (χ2n) is 11.2. The minimum Gasteiger partial charge on any atom is -0.383 e. The third-order valence-electron chi connectivity index (χ3n) is 5.26. The van der Waals surface area contributed by atoms with Gasteiger partial charge < -0.3 is 21.3 Å². The van der Waals surface area contributed by atoms with E-state index in [2.05, 4.69) is 130 Å². The average molecular weight is 460 g/mol. The van der Waals surface area contributed by atoms with Gasteiger partial charge in [0.1, 0.15) is 0 Å². The van der Waals surface area contributed by atoms with Crippen molar-refractivity contribution in [1.82, 2.24) is 4.98 Å². The second kappa shape index (κ2) is 11.3. The van der Waals surface area contributed by atoms with E-state index in [0.29, 0.717) is 13.1 Å². The van der Waals surface area contributed by atoms with Crippen LogP contribution >= 0.6 is 0 Å². The van der Waals surface area contributed by atoms with Crippen molar-refractivity contribution in [3.8, 4) is 0 Å². The quantitative estimate of drug-likeness (QED) is 0.258. The van der Waals surface area contributed by atoms with Crippen LogP contribution in [0.15, 0.2) is 66.7 Å². The van der Waals surface area contributed by atoms with Gasteiger partial charge in [-0.05, 0) is 47.2 Å². The van der Waals surface area contributed by atoms with Crippen molar-refractivity contribution in [2.45, 2.75) is 54.6 Å². The Bertz CT molecular complexity index is 966. The Kier molecular flexibility index (Phi) is 8.43. The molecule has 5 heteroatoms. The van der Waals surface area contributed by atoms with Crippen molar-refractivity contribution in [1.29, 1.82) is 0 Å². The number of nitrogens with zero attached hydrogens (tertiary/aromatic N) is 1. The van der Waals surface area contributed by atoms with E-state index < -0.39 is 0 Å². The lowest BCUT2D eigenvalue weighted by atomic mass is 9.97. The van der Waals surface area contributed by atoms with E-state index in [9.17, 15) is 0 Å². The maximum absolute atomic E-state index is 4.87. The van der Waals surface area contributed by atoms with Crippen molar-refractivity contribution in [3.63, 3.8) is 0 Å². The lowest BCUT2D eigenvalue weighted by Gasteiger charge is -2.21. The molecule has 0 amide bonds.